The number of likely N-dealkylation sites (N-methyl/N-ethyl adjacent to an activating group) is 1. The second-order valence-electron chi connectivity index (χ2n) is 3.09. The first-order valence-corrected chi connectivity index (χ1v) is 4.53. The zero-order valence-electron chi connectivity index (χ0n) is 8.60. The van der Waals surface area contributed by atoms with Crippen LogP contribution in [0.5, 0.6) is 0 Å². The average molecular weight is 196 g/mol. The van der Waals surface area contributed by atoms with Gasteiger partial charge in [-0.05, 0) is 17.7 Å². The molecule has 0 aliphatic heterocycles. The number of hydrogen-bond acceptors (Lipinski definition) is 4. The number of nitrogens with zero attached hydrogens (tertiary/aromatic N) is 2. The fraction of sp³-hybridized carbons (Fsp3) is 0.500. The van der Waals surface area contributed by atoms with E-state index in [1.54, 1.807) is 19.4 Å². The van der Waals surface area contributed by atoms with Crippen molar-refractivity contribution in [2.24, 2.45) is 0 Å². The van der Waals surface area contributed by atoms with E-state index in [1.165, 1.54) is 0 Å². The zero-order valence-corrected chi connectivity index (χ0v) is 8.60. The number of ether oxygens (including phenoxy) is 1. The Bertz CT molecular complexity index is 279. The molecule has 0 atom stereocenters. The first kappa shape index (κ1) is 10.9. The number of methoxy groups -OCH3 is 1. The van der Waals surface area contributed by atoms with E-state index in [2.05, 4.69) is 4.98 Å². The number of aromatic nitrogens is 1. The van der Waals surface area contributed by atoms with Crippen molar-refractivity contribution in [3.05, 3.63) is 23.9 Å². The second-order valence-corrected chi connectivity index (χ2v) is 3.09. The van der Waals surface area contributed by atoms with Crippen molar-refractivity contribution in [2.45, 2.75) is 6.61 Å². The van der Waals surface area contributed by atoms with Crippen molar-refractivity contribution in [2.75, 3.05) is 32.2 Å². The van der Waals surface area contributed by atoms with Gasteiger partial charge >= 0.3 is 0 Å². The molecule has 1 N–H and O–H groups in total. The maximum absolute atomic E-state index is 8.95. The van der Waals surface area contributed by atoms with Gasteiger partial charge in [0.05, 0.1) is 13.2 Å². The van der Waals surface area contributed by atoms with E-state index in [0.717, 1.165) is 17.9 Å². The molecule has 0 aliphatic carbocycles. The van der Waals surface area contributed by atoms with Gasteiger partial charge in [-0.1, -0.05) is 0 Å². The Morgan fingerprint density at radius 1 is 1.57 bits per heavy atom. The van der Waals surface area contributed by atoms with Gasteiger partial charge in [0.25, 0.3) is 0 Å². The van der Waals surface area contributed by atoms with Crippen LogP contribution in [0.15, 0.2) is 18.3 Å². The highest BCUT2D eigenvalue weighted by Gasteiger charge is 2.02. The SMILES string of the molecule is COCCN(C)c1cc(CO)ccn1. The Kier molecular flexibility index (Phi) is 4.35. The van der Waals surface area contributed by atoms with Crippen LogP contribution >= 0.6 is 0 Å². The Hall–Kier alpha value is -1.13. The minimum atomic E-state index is 0.0492. The molecular weight excluding hydrogens is 180 g/mol. The van der Waals surface area contributed by atoms with Gasteiger partial charge in [-0.25, -0.2) is 4.98 Å². The summed E-state index contributed by atoms with van der Waals surface area (Å²) >= 11 is 0. The van der Waals surface area contributed by atoms with Gasteiger partial charge in [0.2, 0.25) is 0 Å². The molecule has 1 heterocycles. The van der Waals surface area contributed by atoms with Crippen LogP contribution in [0, 0.1) is 0 Å². The molecule has 0 fully saturated rings. The highest BCUT2D eigenvalue weighted by atomic mass is 16.5. The number of hydrogen-bond donors (Lipinski definition) is 1. The van der Waals surface area contributed by atoms with Gasteiger partial charge < -0.3 is 14.7 Å². The summed E-state index contributed by atoms with van der Waals surface area (Å²) in [5.74, 6) is 0.855. The molecule has 0 unspecified atom stereocenters. The molecule has 4 heteroatoms. The van der Waals surface area contributed by atoms with Gasteiger partial charge in [0, 0.05) is 26.9 Å². The quantitative estimate of drug-likeness (QED) is 0.751. The standard InChI is InChI=1S/C10H16N2O2/c1-12(5-6-14-2)10-7-9(8-13)3-4-11-10/h3-4,7,13H,5-6,8H2,1-2H3. The molecule has 0 radical (unpaired) electrons. The van der Waals surface area contributed by atoms with Crippen molar-refractivity contribution < 1.29 is 9.84 Å². The van der Waals surface area contributed by atoms with Crippen LogP contribution in [0.3, 0.4) is 0 Å². The summed E-state index contributed by atoms with van der Waals surface area (Å²) in [4.78, 5) is 6.19. The second kappa shape index (κ2) is 5.57. The topological polar surface area (TPSA) is 45.6 Å². The van der Waals surface area contributed by atoms with E-state index in [-0.39, 0.29) is 6.61 Å². The van der Waals surface area contributed by atoms with Crippen LogP contribution in [-0.4, -0.2) is 37.4 Å². The molecular formula is C10H16N2O2. The molecule has 0 saturated carbocycles. The third-order valence-corrected chi connectivity index (χ3v) is 2.01. The molecule has 78 valence electrons. The minimum absolute atomic E-state index is 0.0492. The molecule has 0 aliphatic rings. The highest BCUT2D eigenvalue weighted by Crippen LogP contribution is 2.10. The third-order valence-electron chi connectivity index (χ3n) is 2.01. The molecule has 1 aromatic rings. The number of aliphatic hydroxyl groups is 1. The zero-order chi connectivity index (χ0) is 10.4. The monoisotopic (exact) mass is 196 g/mol. The molecule has 0 amide bonds. The largest absolute Gasteiger partial charge is 0.392 e. The molecule has 1 aromatic heterocycles. The summed E-state index contributed by atoms with van der Waals surface area (Å²) < 4.78 is 4.97. The maximum Gasteiger partial charge on any atom is 0.128 e. The summed E-state index contributed by atoms with van der Waals surface area (Å²) in [7, 11) is 3.62. The number of rotatable bonds is 5. The van der Waals surface area contributed by atoms with E-state index in [1.807, 2.05) is 18.0 Å². The number of pyridine rings is 1. The highest BCUT2D eigenvalue weighted by molar-refractivity contribution is 5.39. The van der Waals surface area contributed by atoms with Gasteiger partial charge in [0.1, 0.15) is 5.82 Å². The lowest BCUT2D eigenvalue weighted by atomic mass is 10.3. The maximum atomic E-state index is 8.95. The summed E-state index contributed by atoms with van der Waals surface area (Å²) in [6.07, 6.45) is 1.70. The van der Waals surface area contributed by atoms with Gasteiger partial charge in [-0.15, -0.1) is 0 Å². The van der Waals surface area contributed by atoms with Gasteiger partial charge in [-0.3, -0.25) is 0 Å². The van der Waals surface area contributed by atoms with Crippen LogP contribution in [-0.2, 0) is 11.3 Å². The van der Waals surface area contributed by atoms with Crippen molar-refractivity contribution in [1.82, 2.24) is 4.98 Å². The van der Waals surface area contributed by atoms with E-state index in [4.69, 9.17) is 9.84 Å². The smallest absolute Gasteiger partial charge is 0.128 e. The first-order chi connectivity index (χ1) is 6.77. The lowest BCUT2D eigenvalue weighted by molar-refractivity contribution is 0.206. The first-order valence-electron chi connectivity index (χ1n) is 4.53. The molecule has 14 heavy (non-hydrogen) atoms. The molecule has 4 nitrogen and oxygen atoms in total. The molecule has 0 bridgehead atoms. The number of aliphatic hydroxyl groups excluding tert-OH is 1. The van der Waals surface area contributed by atoms with Crippen molar-refractivity contribution in [3.63, 3.8) is 0 Å². The van der Waals surface area contributed by atoms with Crippen LogP contribution in [0.2, 0.25) is 0 Å². The van der Waals surface area contributed by atoms with Crippen LogP contribution in [0.25, 0.3) is 0 Å². The molecule has 0 saturated heterocycles. The van der Waals surface area contributed by atoms with E-state index in [9.17, 15) is 0 Å². The summed E-state index contributed by atoms with van der Waals surface area (Å²) in [6.45, 7) is 1.51. The molecule has 0 spiro atoms. The van der Waals surface area contributed by atoms with Crippen molar-refractivity contribution in [1.29, 1.82) is 0 Å². The Balaban J connectivity index is 2.64. The fourth-order valence-corrected chi connectivity index (χ4v) is 1.11. The fourth-order valence-electron chi connectivity index (χ4n) is 1.11. The molecule has 1 rings (SSSR count). The van der Waals surface area contributed by atoms with E-state index in [0.29, 0.717) is 6.61 Å². The van der Waals surface area contributed by atoms with E-state index < -0.39 is 0 Å². The van der Waals surface area contributed by atoms with Crippen molar-refractivity contribution in [3.8, 4) is 0 Å². The predicted octanol–water partition coefficient (Wildman–Crippen LogP) is 0.657. The van der Waals surface area contributed by atoms with Gasteiger partial charge in [-0.2, -0.15) is 0 Å². The van der Waals surface area contributed by atoms with Crippen molar-refractivity contribution >= 4 is 5.82 Å². The van der Waals surface area contributed by atoms with E-state index >= 15 is 0 Å². The summed E-state index contributed by atoms with van der Waals surface area (Å²) in [6, 6.07) is 3.67. The molecule has 0 aromatic carbocycles. The third kappa shape index (κ3) is 2.97. The summed E-state index contributed by atoms with van der Waals surface area (Å²) in [5.41, 5.74) is 0.874. The van der Waals surface area contributed by atoms with Crippen LogP contribution < -0.4 is 4.90 Å². The summed E-state index contributed by atoms with van der Waals surface area (Å²) in [5, 5.41) is 8.95. The van der Waals surface area contributed by atoms with Crippen LogP contribution in [0.4, 0.5) is 5.82 Å². The van der Waals surface area contributed by atoms with Gasteiger partial charge in [0.15, 0.2) is 0 Å². The van der Waals surface area contributed by atoms with Crippen LogP contribution in [0.1, 0.15) is 5.56 Å². The number of anilines is 1. The Morgan fingerprint density at radius 2 is 2.36 bits per heavy atom. The normalized spacial score (nSPS) is 10.2. The minimum Gasteiger partial charge on any atom is -0.392 e. The Labute approximate surface area is 84.1 Å². The average Bonchev–Trinajstić information content (AvgIpc) is 2.26. The lowest BCUT2D eigenvalue weighted by Gasteiger charge is -2.17. The Morgan fingerprint density at radius 3 is 3.00 bits per heavy atom. The predicted molar refractivity (Wildman–Crippen MR) is 55.3 cm³/mol. The lowest BCUT2D eigenvalue weighted by Crippen LogP contribution is -2.23.